The fraction of sp³-hybridized carbons (Fsp3) is 0.226. The quantitative estimate of drug-likeness (QED) is 0.259. The molecule has 10 nitrogen and oxygen atoms in total. The number of ether oxygens (including phenoxy) is 2. The summed E-state index contributed by atoms with van der Waals surface area (Å²) in [7, 11) is 3.17. The number of pyridine rings is 2. The molecule has 10 heteroatoms. The van der Waals surface area contributed by atoms with Crippen LogP contribution >= 0.6 is 0 Å². The molecule has 2 aromatic heterocycles. The van der Waals surface area contributed by atoms with Gasteiger partial charge in [0.2, 0.25) is 0 Å². The highest BCUT2D eigenvalue weighted by atomic mass is 16.5. The molecular formula is C31H32N4O6. The molecule has 2 amide bonds. The predicted octanol–water partition coefficient (Wildman–Crippen LogP) is 2.79. The molecule has 2 aromatic carbocycles. The van der Waals surface area contributed by atoms with E-state index in [0.29, 0.717) is 6.42 Å². The molecule has 0 aliphatic rings. The maximum absolute atomic E-state index is 12.9. The lowest BCUT2D eigenvalue weighted by Gasteiger charge is -2.13. The summed E-state index contributed by atoms with van der Waals surface area (Å²) in [4.78, 5) is 51.1. The first-order chi connectivity index (χ1) is 19.8. The molecule has 0 saturated carbocycles. The van der Waals surface area contributed by atoms with Gasteiger partial charge in [-0.05, 0) is 29.7 Å². The van der Waals surface area contributed by atoms with Crippen LogP contribution in [0.2, 0.25) is 0 Å². The Balaban J connectivity index is 1.32. The Hall–Kier alpha value is -5.12. The van der Waals surface area contributed by atoms with Crippen LogP contribution in [-0.4, -0.2) is 34.0 Å². The highest BCUT2D eigenvalue weighted by Gasteiger charge is 2.19. The molecule has 4 rings (SSSR count). The summed E-state index contributed by atoms with van der Waals surface area (Å²) < 4.78 is 14.2. The summed E-state index contributed by atoms with van der Waals surface area (Å²) in [5.41, 5.74) is 1.16. The van der Waals surface area contributed by atoms with Crippen LogP contribution in [0.25, 0.3) is 0 Å². The molecule has 0 fully saturated rings. The zero-order valence-electron chi connectivity index (χ0n) is 23.0. The first kappa shape index (κ1) is 28.9. The first-order valence-electron chi connectivity index (χ1n) is 13.1. The van der Waals surface area contributed by atoms with Gasteiger partial charge in [0.1, 0.15) is 13.2 Å². The second-order valence-electron chi connectivity index (χ2n) is 9.36. The van der Waals surface area contributed by atoms with Crippen molar-refractivity contribution in [3.8, 4) is 11.5 Å². The van der Waals surface area contributed by atoms with Crippen molar-refractivity contribution >= 4 is 11.8 Å². The zero-order valence-corrected chi connectivity index (χ0v) is 23.0. The summed E-state index contributed by atoms with van der Waals surface area (Å²) in [5, 5.41) is 5.54. The first-order valence-corrected chi connectivity index (χ1v) is 13.1. The van der Waals surface area contributed by atoms with Gasteiger partial charge in [-0.3, -0.25) is 19.2 Å². The van der Waals surface area contributed by atoms with E-state index in [4.69, 9.17) is 9.47 Å². The number of rotatable bonds is 12. The van der Waals surface area contributed by atoms with Gasteiger partial charge in [-0.1, -0.05) is 60.7 Å². The standard InChI is InChI=1S/C31H32N4O6/c1-34-18-14-24(26(30(34)38)40-20-22-10-5-3-6-11-22)28(36)32-16-9-17-33-29(37)25-15-19-35(2)31(39)27(25)41-21-23-12-7-4-8-13-23/h3-8,10-15,18-19H,9,16-17,20-21H2,1-2H3,(H,32,36)(H,33,37). The number of nitrogens with zero attached hydrogens (tertiary/aromatic N) is 2. The summed E-state index contributed by atoms with van der Waals surface area (Å²) in [5.74, 6) is -0.975. The van der Waals surface area contributed by atoms with Gasteiger partial charge in [-0.25, -0.2) is 0 Å². The number of carbonyl (C=O) groups excluding carboxylic acids is 2. The Morgan fingerprint density at radius 3 is 1.41 bits per heavy atom. The number of carbonyl (C=O) groups is 2. The third-order valence-corrected chi connectivity index (χ3v) is 6.31. The van der Waals surface area contributed by atoms with Crippen LogP contribution in [0.4, 0.5) is 0 Å². The molecular weight excluding hydrogens is 524 g/mol. The average Bonchev–Trinajstić information content (AvgIpc) is 2.99. The minimum absolute atomic E-state index is 0.0293. The third kappa shape index (κ3) is 7.51. The van der Waals surface area contributed by atoms with Crippen molar-refractivity contribution in [3.05, 3.63) is 128 Å². The van der Waals surface area contributed by atoms with Crippen LogP contribution in [0, 0.1) is 0 Å². The van der Waals surface area contributed by atoms with E-state index in [1.54, 1.807) is 14.1 Å². The largest absolute Gasteiger partial charge is 0.482 e. The topological polar surface area (TPSA) is 121 Å². The molecule has 0 radical (unpaired) electrons. The van der Waals surface area contributed by atoms with Gasteiger partial charge in [0.25, 0.3) is 22.9 Å². The van der Waals surface area contributed by atoms with Crippen molar-refractivity contribution in [2.45, 2.75) is 19.6 Å². The third-order valence-electron chi connectivity index (χ3n) is 6.31. The number of aryl methyl sites for hydroxylation is 2. The summed E-state index contributed by atoms with van der Waals surface area (Å²) in [6.45, 7) is 0.763. The summed E-state index contributed by atoms with van der Waals surface area (Å²) >= 11 is 0. The fourth-order valence-electron chi connectivity index (χ4n) is 3.99. The monoisotopic (exact) mass is 556 g/mol. The maximum atomic E-state index is 12.9. The van der Waals surface area contributed by atoms with E-state index in [1.165, 1.54) is 33.7 Å². The minimum atomic E-state index is -0.458. The Morgan fingerprint density at radius 1 is 0.634 bits per heavy atom. The lowest BCUT2D eigenvalue weighted by atomic mass is 10.2. The normalized spacial score (nSPS) is 10.6. The SMILES string of the molecule is Cn1ccc(C(=O)NCCCNC(=O)c2ccn(C)c(=O)c2OCc2ccccc2)c(OCc2ccccc2)c1=O. The van der Waals surface area contributed by atoms with Gasteiger partial charge >= 0.3 is 0 Å². The van der Waals surface area contributed by atoms with E-state index in [1.807, 2.05) is 60.7 Å². The molecule has 0 saturated heterocycles. The molecule has 0 atom stereocenters. The van der Waals surface area contributed by atoms with Crippen molar-refractivity contribution < 1.29 is 19.1 Å². The molecule has 4 aromatic rings. The number of nitrogens with one attached hydrogen (secondary N) is 2. The number of hydrogen-bond acceptors (Lipinski definition) is 6. The number of hydrogen-bond donors (Lipinski definition) is 2. The van der Waals surface area contributed by atoms with Crippen LogP contribution in [-0.2, 0) is 27.3 Å². The molecule has 41 heavy (non-hydrogen) atoms. The Morgan fingerprint density at radius 2 is 1.02 bits per heavy atom. The maximum Gasteiger partial charge on any atom is 0.293 e. The van der Waals surface area contributed by atoms with Crippen LogP contribution in [0.15, 0.2) is 94.8 Å². The Labute approximate surface area is 237 Å². The molecule has 212 valence electrons. The highest BCUT2D eigenvalue weighted by molar-refractivity contribution is 5.97. The summed E-state index contributed by atoms with van der Waals surface area (Å²) in [6, 6.07) is 21.8. The van der Waals surface area contributed by atoms with Gasteiger partial charge in [-0.2, -0.15) is 0 Å². The molecule has 0 aliphatic carbocycles. The average molecular weight is 557 g/mol. The zero-order chi connectivity index (χ0) is 29.2. The van der Waals surface area contributed by atoms with Gasteiger partial charge in [0, 0.05) is 39.6 Å². The second-order valence-corrected chi connectivity index (χ2v) is 9.36. The van der Waals surface area contributed by atoms with Crippen LogP contribution in [0.1, 0.15) is 38.3 Å². The molecule has 2 heterocycles. The van der Waals surface area contributed by atoms with Gasteiger partial charge in [0.05, 0.1) is 11.1 Å². The lowest BCUT2D eigenvalue weighted by Crippen LogP contribution is -2.32. The molecule has 0 spiro atoms. The lowest BCUT2D eigenvalue weighted by molar-refractivity contribution is 0.0947. The molecule has 2 N–H and O–H groups in total. The predicted molar refractivity (Wildman–Crippen MR) is 154 cm³/mol. The van der Waals surface area contributed by atoms with Crippen molar-refractivity contribution in [3.63, 3.8) is 0 Å². The number of amides is 2. The number of benzene rings is 2. The fourth-order valence-corrected chi connectivity index (χ4v) is 3.99. The molecule has 0 unspecified atom stereocenters. The van der Waals surface area contributed by atoms with Crippen molar-refractivity contribution in [2.75, 3.05) is 13.1 Å². The minimum Gasteiger partial charge on any atom is -0.482 e. The van der Waals surface area contributed by atoms with Crippen LogP contribution in [0.5, 0.6) is 11.5 Å². The van der Waals surface area contributed by atoms with E-state index < -0.39 is 22.9 Å². The molecule has 0 bridgehead atoms. The second kappa shape index (κ2) is 13.8. The van der Waals surface area contributed by atoms with E-state index >= 15 is 0 Å². The highest BCUT2D eigenvalue weighted by Crippen LogP contribution is 2.16. The van der Waals surface area contributed by atoms with E-state index in [-0.39, 0.29) is 48.9 Å². The van der Waals surface area contributed by atoms with Crippen molar-refractivity contribution in [1.29, 1.82) is 0 Å². The van der Waals surface area contributed by atoms with E-state index in [0.717, 1.165) is 11.1 Å². The molecule has 0 aliphatic heterocycles. The summed E-state index contributed by atoms with van der Waals surface area (Å²) in [6.07, 6.45) is 3.43. The number of aromatic nitrogens is 2. The smallest absolute Gasteiger partial charge is 0.293 e. The Bertz CT molecular complexity index is 1490. The van der Waals surface area contributed by atoms with Gasteiger partial charge < -0.3 is 29.2 Å². The van der Waals surface area contributed by atoms with Crippen LogP contribution in [0.3, 0.4) is 0 Å². The Kier molecular flexibility index (Phi) is 9.71. The van der Waals surface area contributed by atoms with Crippen molar-refractivity contribution in [2.24, 2.45) is 14.1 Å². The van der Waals surface area contributed by atoms with E-state index in [2.05, 4.69) is 10.6 Å². The van der Waals surface area contributed by atoms with Crippen LogP contribution < -0.4 is 31.2 Å². The van der Waals surface area contributed by atoms with E-state index in [9.17, 15) is 19.2 Å². The van der Waals surface area contributed by atoms with Crippen molar-refractivity contribution in [1.82, 2.24) is 19.8 Å². The van der Waals surface area contributed by atoms with Gasteiger partial charge in [-0.15, -0.1) is 0 Å². The van der Waals surface area contributed by atoms with Gasteiger partial charge in [0.15, 0.2) is 11.5 Å².